The Kier molecular flexibility index (Phi) is 5.50. The van der Waals surface area contributed by atoms with Crippen molar-refractivity contribution in [2.24, 2.45) is 11.8 Å². The van der Waals surface area contributed by atoms with Crippen LogP contribution in [-0.4, -0.2) is 54.6 Å². The van der Waals surface area contributed by atoms with Gasteiger partial charge in [-0.25, -0.2) is 9.18 Å². The number of rotatable bonds is 7. The van der Waals surface area contributed by atoms with Crippen LogP contribution in [-0.2, 0) is 0 Å². The lowest BCUT2D eigenvalue weighted by molar-refractivity contribution is -0.178. The summed E-state index contributed by atoms with van der Waals surface area (Å²) >= 11 is 0. The van der Waals surface area contributed by atoms with Crippen molar-refractivity contribution in [2.45, 2.75) is 43.9 Å². The molecule has 5 rings (SSSR count). The molecule has 3 aliphatic rings. The van der Waals surface area contributed by atoms with Crippen LogP contribution in [0.3, 0.4) is 0 Å². The number of nitrogens with zero attached hydrogens (tertiary/aromatic N) is 2. The van der Waals surface area contributed by atoms with Gasteiger partial charge in [-0.1, -0.05) is 0 Å². The van der Waals surface area contributed by atoms with Gasteiger partial charge < -0.3 is 24.6 Å². The van der Waals surface area contributed by atoms with Gasteiger partial charge in [-0.05, 0) is 31.7 Å². The third-order valence-corrected chi connectivity index (χ3v) is 7.00. The highest BCUT2D eigenvalue weighted by atomic mass is 19.4. The number of alkyl halides is 3. The number of carbonyl (C=O) groups is 1. The average molecular weight is 483 g/mol. The van der Waals surface area contributed by atoms with Gasteiger partial charge in [-0.15, -0.1) is 0 Å². The molecule has 2 unspecified atom stereocenters. The van der Waals surface area contributed by atoms with E-state index in [1.807, 2.05) is 0 Å². The number of hydrogen-bond acceptors (Lipinski definition) is 5. The predicted octanol–water partition coefficient (Wildman–Crippen LogP) is 3.55. The summed E-state index contributed by atoms with van der Waals surface area (Å²) in [5.41, 5.74) is -1.27. The Morgan fingerprint density at radius 1 is 1.24 bits per heavy atom. The van der Waals surface area contributed by atoms with E-state index in [-0.39, 0.29) is 47.5 Å². The van der Waals surface area contributed by atoms with Gasteiger partial charge in [0.05, 0.1) is 23.9 Å². The average Bonchev–Trinajstić information content (AvgIpc) is 3.69. The highest BCUT2D eigenvalue weighted by molar-refractivity contribution is 5.97. The lowest BCUT2D eigenvalue weighted by Crippen LogP contribution is -2.36. The molecular weight excluding hydrogens is 458 g/mol. The number of halogens is 4. The molecule has 1 aliphatic heterocycles. The van der Waals surface area contributed by atoms with E-state index >= 15 is 4.39 Å². The van der Waals surface area contributed by atoms with E-state index in [1.165, 1.54) is 18.2 Å². The Labute approximate surface area is 192 Å². The summed E-state index contributed by atoms with van der Waals surface area (Å²) < 4.78 is 64.1. The fraction of sp³-hybridized carbons (Fsp3) is 0.565. The molecule has 2 aromatic rings. The molecule has 2 aliphatic carbocycles. The largest absolute Gasteiger partial charge is 0.492 e. The lowest BCUT2D eigenvalue weighted by Gasteiger charge is -2.25. The van der Waals surface area contributed by atoms with Crippen molar-refractivity contribution < 1.29 is 32.2 Å². The first kappa shape index (κ1) is 22.9. The molecule has 0 spiro atoms. The molecule has 2 saturated carbocycles. The van der Waals surface area contributed by atoms with Crippen LogP contribution in [0.25, 0.3) is 10.9 Å². The zero-order valence-electron chi connectivity index (χ0n) is 18.5. The van der Waals surface area contributed by atoms with E-state index in [9.17, 15) is 27.9 Å². The molecule has 0 radical (unpaired) electrons. The molecule has 2 N–H and O–H groups in total. The third-order valence-electron chi connectivity index (χ3n) is 7.00. The van der Waals surface area contributed by atoms with Crippen LogP contribution in [0.4, 0.5) is 23.2 Å². The summed E-state index contributed by atoms with van der Waals surface area (Å²) in [4.78, 5) is 25.8. The maximum absolute atomic E-state index is 15.4. The number of hydrogen-bond donors (Lipinski definition) is 2. The standard InChI is InChI=1S/C23H25F4N3O4/c1-34-21-18-14(20(31)15(22(32)33)9-30(18)13-4-5-13)6-17(24)19(21)29-8-11(7-28-12-2-3-12)16(10-29)23(25,26)27/h6,9,11-13,16,28H,2-5,7-8,10H2,1H3,(H,32,33). The summed E-state index contributed by atoms with van der Waals surface area (Å²) in [6.07, 6.45) is 0.134. The highest BCUT2D eigenvalue weighted by Gasteiger charge is 2.50. The minimum absolute atomic E-state index is 0.0243. The van der Waals surface area contributed by atoms with Crippen LogP contribution in [0.5, 0.6) is 5.75 Å². The van der Waals surface area contributed by atoms with E-state index in [1.54, 1.807) is 4.57 Å². The first-order valence-electron chi connectivity index (χ1n) is 11.3. The smallest absolute Gasteiger partial charge is 0.393 e. The van der Waals surface area contributed by atoms with Crippen LogP contribution >= 0.6 is 0 Å². The van der Waals surface area contributed by atoms with Gasteiger partial charge in [-0.3, -0.25) is 4.79 Å². The van der Waals surface area contributed by atoms with Crippen molar-refractivity contribution in [1.82, 2.24) is 9.88 Å². The molecule has 34 heavy (non-hydrogen) atoms. The topological polar surface area (TPSA) is 83.8 Å². The fourth-order valence-corrected chi connectivity index (χ4v) is 4.96. The van der Waals surface area contributed by atoms with E-state index in [0.29, 0.717) is 0 Å². The van der Waals surface area contributed by atoms with Gasteiger partial charge in [0.25, 0.3) is 0 Å². The first-order valence-corrected chi connectivity index (χ1v) is 11.3. The molecule has 0 bridgehead atoms. The van der Waals surface area contributed by atoms with Crippen LogP contribution < -0.4 is 20.4 Å². The molecular formula is C23H25F4N3O4. The second-order valence-electron chi connectivity index (χ2n) is 9.45. The number of ether oxygens (including phenoxy) is 1. The predicted molar refractivity (Wildman–Crippen MR) is 116 cm³/mol. The third kappa shape index (κ3) is 3.99. The second kappa shape index (κ2) is 8.14. The molecule has 1 aromatic heterocycles. The molecule has 2 atom stereocenters. The highest BCUT2D eigenvalue weighted by Crippen LogP contribution is 2.47. The number of nitrogens with one attached hydrogen (secondary N) is 1. The number of anilines is 1. The van der Waals surface area contributed by atoms with Crippen molar-refractivity contribution in [3.8, 4) is 5.75 Å². The van der Waals surface area contributed by atoms with Gasteiger partial charge in [-0.2, -0.15) is 13.2 Å². The van der Waals surface area contributed by atoms with Gasteiger partial charge >= 0.3 is 12.1 Å². The number of pyridine rings is 1. The normalized spacial score (nSPS) is 23.0. The number of aromatic nitrogens is 1. The van der Waals surface area contributed by atoms with E-state index < -0.39 is 47.3 Å². The number of aromatic carboxylic acids is 1. The van der Waals surface area contributed by atoms with Crippen LogP contribution in [0.1, 0.15) is 42.1 Å². The molecule has 7 nitrogen and oxygen atoms in total. The summed E-state index contributed by atoms with van der Waals surface area (Å²) in [6, 6.07) is 1.08. The van der Waals surface area contributed by atoms with Crippen LogP contribution in [0.15, 0.2) is 17.1 Å². The zero-order valence-corrected chi connectivity index (χ0v) is 18.5. The second-order valence-corrected chi connectivity index (χ2v) is 9.45. The summed E-state index contributed by atoms with van der Waals surface area (Å²) in [5, 5.41) is 12.4. The van der Waals surface area contributed by atoms with Crippen molar-refractivity contribution >= 4 is 22.6 Å². The number of carboxylic acid groups (broad SMARTS) is 1. The van der Waals surface area contributed by atoms with E-state index in [4.69, 9.17) is 4.74 Å². The Hall–Kier alpha value is -2.82. The van der Waals surface area contributed by atoms with Gasteiger partial charge in [0.15, 0.2) is 11.6 Å². The number of carboxylic acids is 1. The summed E-state index contributed by atoms with van der Waals surface area (Å²) in [7, 11) is 1.27. The SMILES string of the molecule is COc1c(N2CC(CNC3CC3)C(C(F)(F)F)C2)c(F)cc2c(=O)c(C(=O)O)cn(C3CC3)c12. The van der Waals surface area contributed by atoms with Crippen LogP contribution in [0.2, 0.25) is 0 Å². The van der Waals surface area contributed by atoms with Crippen molar-refractivity contribution in [3.05, 3.63) is 33.9 Å². The van der Waals surface area contributed by atoms with E-state index in [0.717, 1.165) is 31.7 Å². The van der Waals surface area contributed by atoms with Crippen LogP contribution in [0, 0.1) is 17.7 Å². The number of methoxy groups -OCH3 is 1. The molecule has 3 fully saturated rings. The minimum atomic E-state index is -4.45. The molecule has 0 amide bonds. The van der Waals surface area contributed by atoms with Gasteiger partial charge in [0.2, 0.25) is 5.43 Å². The molecule has 11 heteroatoms. The monoisotopic (exact) mass is 483 g/mol. The fourth-order valence-electron chi connectivity index (χ4n) is 4.96. The lowest BCUT2D eigenvalue weighted by atomic mass is 9.95. The number of benzene rings is 1. The summed E-state index contributed by atoms with van der Waals surface area (Å²) in [6.45, 7) is -0.276. The first-order chi connectivity index (χ1) is 16.1. The molecule has 1 aromatic carbocycles. The summed E-state index contributed by atoms with van der Waals surface area (Å²) in [5.74, 6) is -4.79. The number of fused-ring (bicyclic) bond motifs is 1. The van der Waals surface area contributed by atoms with E-state index in [2.05, 4.69) is 5.32 Å². The maximum Gasteiger partial charge on any atom is 0.393 e. The Morgan fingerprint density at radius 3 is 2.50 bits per heavy atom. The van der Waals surface area contributed by atoms with Crippen molar-refractivity contribution in [2.75, 3.05) is 31.6 Å². The van der Waals surface area contributed by atoms with Crippen molar-refractivity contribution in [3.63, 3.8) is 0 Å². The van der Waals surface area contributed by atoms with Crippen molar-refractivity contribution in [1.29, 1.82) is 0 Å². The minimum Gasteiger partial charge on any atom is -0.492 e. The quantitative estimate of drug-likeness (QED) is 0.587. The Bertz CT molecular complexity index is 1200. The Morgan fingerprint density at radius 2 is 1.94 bits per heavy atom. The van der Waals surface area contributed by atoms with Gasteiger partial charge in [0, 0.05) is 43.8 Å². The molecule has 1 saturated heterocycles. The molecule has 184 valence electrons. The zero-order chi connectivity index (χ0) is 24.4. The Balaban J connectivity index is 1.63. The van der Waals surface area contributed by atoms with Gasteiger partial charge in [0.1, 0.15) is 11.3 Å². The molecule has 2 heterocycles. The maximum atomic E-state index is 15.4.